The van der Waals surface area contributed by atoms with Gasteiger partial charge in [-0.1, -0.05) is 235 Å². The van der Waals surface area contributed by atoms with Crippen LogP contribution in [0.3, 0.4) is 0 Å². The highest BCUT2D eigenvalue weighted by molar-refractivity contribution is 8.93. The zero-order valence-corrected chi connectivity index (χ0v) is 81.6. The van der Waals surface area contributed by atoms with Crippen LogP contribution in [-0.4, -0.2) is 284 Å². The van der Waals surface area contributed by atoms with Crippen LogP contribution in [0.4, 0.5) is 5.69 Å². The summed E-state index contributed by atoms with van der Waals surface area (Å²) in [4.78, 5) is 77.5. The van der Waals surface area contributed by atoms with Gasteiger partial charge >= 0.3 is 5.97 Å². The fraction of sp³-hybridized carbons (Fsp3) is 0.812. The molecule has 1 unspecified atom stereocenters. The second kappa shape index (κ2) is 83.8. The van der Waals surface area contributed by atoms with Crippen LogP contribution in [0.2, 0.25) is 10.0 Å². The van der Waals surface area contributed by atoms with E-state index in [0.717, 1.165) is 68.5 Å². The van der Waals surface area contributed by atoms with E-state index in [0.29, 0.717) is 203 Å². The number of rotatable bonds is 91. The summed E-state index contributed by atoms with van der Waals surface area (Å²) >= 11 is 12.4. The van der Waals surface area contributed by atoms with Crippen molar-refractivity contribution in [3.05, 3.63) is 63.6 Å². The number of hydrogen-bond donors (Lipinski definition) is 5. The van der Waals surface area contributed by atoms with Crippen molar-refractivity contribution in [1.29, 1.82) is 0 Å². The molecule has 1 saturated carbocycles. The lowest BCUT2D eigenvalue weighted by molar-refractivity contribution is -0.893. The topological polar surface area (TPSA) is 301 Å². The van der Waals surface area contributed by atoms with Gasteiger partial charge in [-0.15, -0.1) is 17.0 Å². The van der Waals surface area contributed by atoms with Crippen molar-refractivity contribution in [2.24, 2.45) is 5.41 Å². The number of methoxy groups -OCH3 is 1. The Bertz CT molecular complexity index is 2920. The standard InChI is InChI=1S/C96H168Cl2N6O21.BrH/c1-6-8-10-12-14-16-18-20-22-24-26-28-30-34-54-124-82-85(125-55-35-31-29-27-25-23-21-19-17-15-13-11-9-7-2)81-104(3,4)53-37-50-99-89(105)44-45-90(106)101-52-57-113-59-61-115-63-65-117-67-69-119-71-73-121-75-77-123-79-78-122-76-74-120-72-70-118-68-66-116-64-62-114-60-58-112-56-46-91(107)100-51-49-96(47-32-33-48-96)95(110)103-88(94(109)111-5)80-83-40-42-84(43-41-83)102-93(108)92-86(97)38-36-39-87(92)98;/h36,38-43,85,88H,6-35,37,44-82H2,1-5H3,(H4-,99,100,101,102,103,105,106,107,108,110);1H/p+1/t85?,88-;/m0./s1. The number of benzene rings is 2. The zero-order chi connectivity index (χ0) is 90.1. The summed E-state index contributed by atoms with van der Waals surface area (Å²) in [5.41, 5.74) is 0.653. The molecule has 3 rings (SSSR count). The molecule has 1 fully saturated rings. The number of carbonyl (C=O) groups is 6. The lowest BCUT2D eigenvalue weighted by Gasteiger charge is -2.33. The van der Waals surface area contributed by atoms with Gasteiger partial charge in [0.1, 0.15) is 18.7 Å². The highest BCUT2D eigenvalue weighted by Gasteiger charge is 2.42. The molecule has 2 aromatic rings. The van der Waals surface area contributed by atoms with E-state index in [2.05, 4.69) is 54.5 Å². The molecular weight excluding hydrogens is 1720 g/mol. The SMILES string of the molecule is Br.CCCCCCCCCCCCCCCCOCC(C[N+](C)(C)CCCNC(=O)CCC(=O)NCCOCCOCCOCCOCCOCCOCCOCCOCCOCCOCCOCCOCCC(=O)NCCC1(C(=O)N[C@@H](Cc2ccc(NC(=O)c3c(Cl)cccc3Cl)cc2)C(=O)OC)CCCC1)OCCCCCCCCCCCCCCCC. The van der Waals surface area contributed by atoms with E-state index in [1.54, 1.807) is 42.5 Å². The van der Waals surface area contributed by atoms with E-state index < -0.39 is 23.3 Å². The van der Waals surface area contributed by atoms with Crippen LogP contribution in [-0.2, 0) is 101 Å². The second-order valence-electron chi connectivity index (χ2n) is 33.3. The molecule has 1 aliphatic carbocycles. The molecule has 0 bridgehead atoms. The highest BCUT2D eigenvalue weighted by atomic mass is 79.9. The first-order chi connectivity index (χ1) is 61.1. The van der Waals surface area contributed by atoms with Gasteiger partial charge in [0.2, 0.25) is 23.6 Å². The average Bonchev–Trinajstić information content (AvgIpc) is 1.63. The third-order valence-electron chi connectivity index (χ3n) is 22.1. The fourth-order valence-electron chi connectivity index (χ4n) is 14.7. The quantitative estimate of drug-likeness (QED) is 0.0233. The maximum absolute atomic E-state index is 13.9. The molecule has 0 saturated heterocycles. The van der Waals surface area contributed by atoms with Gasteiger partial charge in [-0.05, 0) is 61.9 Å². The second-order valence-corrected chi connectivity index (χ2v) is 34.2. The van der Waals surface area contributed by atoms with E-state index in [1.165, 1.54) is 174 Å². The minimum absolute atomic E-state index is 0. The number of hydrogen-bond acceptors (Lipinski definition) is 21. The van der Waals surface area contributed by atoms with Crippen LogP contribution < -0.4 is 26.6 Å². The molecule has 2 aromatic carbocycles. The summed E-state index contributed by atoms with van der Waals surface area (Å²) in [5, 5.41) is 14.9. The maximum atomic E-state index is 13.9. The van der Waals surface area contributed by atoms with Crippen LogP contribution in [0, 0.1) is 5.41 Å². The van der Waals surface area contributed by atoms with Gasteiger partial charge in [0.05, 0.1) is 214 Å². The van der Waals surface area contributed by atoms with Crippen molar-refractivity contribution in [3.63, 3.8) is 0 Å². The van der Waals surface area contributed by atoms with Gasteiger partial charge in [0, 0.05) is 70.6 Å². The van der Waals surface area contributed by atoms with E-state index in [4.69, 9.17) is 94.3 Å². The Kier molecular flexibility index (Phi) is 78.3. The molecule has 730 valence electrons. The Morgan fingerprint density at radius 3 is 1.17 bits per heavy atom. The van der Waals surface area contributed by atoms with Crippen LogP contribution in [0.1, 0.15) is 267 Å². The zero-order valence-electron chi connectivity index (χ0n) is 78.4. The highest BCUT2D eigenvalue weighted by Crippen LogP contribution is 2.41. The number of quaternary nitrogens is 1. The molecule has 5 N–H and O–H groups in total. The number of halogens is 3. The molecule has 0 heterocycles. The predicted octanol–water partition coefficient (Wildman–Crippen LogP) is 16.5. The van der Waals surface area contributed by atoms with Crippen molar-refractivity contribution in [3.8, 4) is 0 Å². The van der Waals surface area contributed by atoms with Gasteiger partial charge in [-0.3, -0.25) is 24.0 Å². The van der Waals surface area contributed by atoms with Gasteiger partial charge < -0.3 is 102 Å². The van der Waals surface area contributed by atoms with Gasteiger partial charge in [-0.25, -0.2) is 4.79 Å². The van der Waals surface area contributed by atoms with Gasteiger partial charge in [-0.2, -0.15) is 0 Å². The number of likely N-dealkylation sites (N-methyl/N-ethyl adjacent to an activating group) is 1. The van der Waals surface area contributed by atoms with Crippen LogP contribution >= 0.6 is 40.2 Å². The summed E-state index contributed by atoms with van der Waals surface area (Å²) in [6.07, 6.45) is 42.5. The summed E-state index contributed by atoms with van der Waals surface area (Å²) in [6.45, 7) is 19.6. The molecule has 0 radical (unpaired) electrons. The average molecular weight is 1900 g/mol. The van der Waals surface area contributed by atoms with Crippen molar-refractivity contribution < 1.29 is 104 Å². The summed E-state index contributed by atoms with van der Waals surface area (Å²) in [5.74, 6) is -1.78. The molecule has 5 amide bonds. The van der Waals surface area contributed by atoms with Crippen molar-refractivity contribution in [2.75, 3.05) is 238 Å². The first-order valence-electron chi connectivity index (χ1n) is 48.1. The third-order valence-corrected chi connectivity index (χ3v) is 22.7. The number of ether oxygens (including phenoxy) is 15. The fourth-order valence-corrected chi connectivity index (χ4v) is 15.3. The minimum atomic E-state index is -0.949. The maximum Gasteiger partial charge on any atom is 0.328 e. The van der Waals surface area contributed by atoms with Crippen molar-refractivity contribution in [2.45, 2.75) is 270 Å². The van der Waals surface area contributed by atoms with Crippen LogP contribution in [0.25, 0.3) is 0 Å². The Morgan fingerprint density at radius 2 is 0.762 bits per heavy atom. The van der Waals surface area contributed by atoms with Crippen LogP contribution in [0.15, 0.2) is 42.5 Å². The summed E-state index contributed by atoms with van der Waals surface area (Å²) in [7, 11) is 5.76. The van der Waals surface area contributed by atoms with Crippen molar-refractivity contribution >= 4 is 81.4 Å². The molecule has 1 aliphatic rings. The minimum Gasteiger partial charge on any atom is -0.467 e. The van der Waals surface area contributed by atoms with E-state index >= 15 is 0 Å². The molecule has 30 heteroatoms. The van der Waals surface area contributed by atoms with E-state index in [1.807, 2.05) is 0 Å². The van der Waals surface area contributed by atoms with Gasteiger partial charge in [0.25, 0.3) is 5.91 Å². The Balaban J connectivity index is 0.0000538. The lowest BCUT2D eigenvalue weighted by Crippen LogP contribution is -2.50. The Hall–Kier alpha value is -4.28. The first-order valence-corrected chi connectivity index (χ1v) is 48.8. The lowest BCUT2D eigenvalue weighted by atomic mass is 9.81. The molecule has 27 nitrogen and oxygen atoms in total. The van der Waals surface area contributed by atoms with Crippen molar-refractivity contribution in [1.82, 2.24) is 21.3 Å². The summed E-state index contributed by atoms with van der Waals surface area (Å²) in [6, 6.07) is 10.8. The molecule has 2 atom stereocenters. The monoisotopic (exact) mass is 1890 g/mol. The number of nitrogens with zero attached hydrogens (tertiary/aromatic N) is 1. The molecule has 0 aliphatic heterocycles. The van der Waals surface area contributed by atoms with Gasteiger partial charge in [0.15, 0.2) is 0 Å². The molecular formula is C96H170BrCl2N6O21+. The number of nitrogens with one attached hydrogen (secondary N) is 5. The Morgan fingerprint density at radius 1 is 0.405 bits per heavy atom. The van der Waals surface area contributed by atoms with Crippen LogP contribution in [0.5, 0.6) is 0 Å². The van der Waals surface area contributed by atoms with E-state index in [-0.39, 0.29) is 94.6 Å². The number of unbranched alkanes of at least 4 members (excludes halogenated alkanes) is 26. The largest absolute Gasteiger partial charge is 0.467 e. The number of amides is 5. The first kappa shape index (κ1) is 118. The Labute approximate surface area is 779 Å². The smallest absolute Gasteiger partial charge is 0.328 e. The third kappa shape index (κ3) is 67.0. The molecule has 126 heavy (non-hydrogen) atoms. The number of carbonyl (C=O) groups excluding carboxylic acids is 6. The summed E-state index contributed by atoms with van der Waals surface area (Å²) < 4.78 is 85.6. The predicted molar refractivity (Wildman–Crippen MR) is 505 cm³/mol. The number of anilines is 1. The normalized spacial score (nSPS) is 13.0. The molecule has 0 aromatic heterocycles. The van der Waals surface area contributed by atoms with E-state index in [9.17, 15) is 28.8 Å². The number of esters is 1. The molecule has 0 spiro atoms.